The van der Waals surface area contributed by atoms with Gasteiger partial charge in [0.25, 0.3) is 0 Å². The number of hydrogen-bond acceptors (Lipinski definition) is 5. The molecule has 0 fully saturated rings. The third-order valence-electron chi connectivity index (χ3n) is 2.67. The van der Waals surface area contributed by atoms with Crippen molar-refractivity contribution in [3.63, 3.8) is 0 Å². The SMILES string of the molecule is CS(=O)(=O)c1ccc(Oc2ccc(F)c(Br)c2)c([N+](=O)[O-])c1. The average molecular weight is 390 g/mol. The summed E-state index contributed by atoms with van der Waals surface area (Å²) in [5.41, 5.74) is -0.497. The zero-order valence-corrected chi connectivity index (χ0v) is 13.5. The zero-order valence-electron chi connectivity index (χ0n) is 11.1. The van der Waals surface area contributed by atoms with Crippen LogP contribution in [0.4, 0.5) is 10.1 Å². The summed E-state index contributed by atoms with van der Waals surface area (Å²) < 4.78 is 41.5. The molecule has 2 aromatic carbocycles. The van der Waals surface area contributed by atoms with Crippen LogP contribution in [0.2, 0.25) is 0 Å². The van der Waals surface area contributed by atoms with E-state index in [1.54, 1.807) is 0 Å². The molecule has 0 aliphatic rings. The summed E-state index contributed by atoms with van der Waals surface area (Å²) in [7, 11) is -3.58. The van der Waals surface area contributed by atoms with Crippen molar-refractivity contribution in [3.05, 3.63) is 56.8 Å². The first kappa shape index (κ1) is 16.4. The Morgan fingerprint density at radius 2 is 1.91 bits per heavy atom. The highest BCUT2D eigenvalue weighted by atomic mass is 79.9. The second kappa shape index (κ2) is 6.01. The maximum Gasteiger partial charge on any atom is 0.312 e. The molecule has 0 bridgehead atoms. The number of nitrogens with zero attached hydrogens (tertiary/aromatic N) is 1. The van der Waals surface area contributed by atoms with Crippen LogP contribution in [-0.4, -0.2) is 19.6 Å². The third kappa shape index (κ3) is 3.60. The standard InChI is InChI=1S/C13H9BrFNO5S/c1-22(19,20)9-3-5-13(12(7-9)16(17)18)21-8-2-4-11(15)10(14)6-8/h2-7H,1H3. The van der Waals surface area contributed by atoms with Crippen molar-refractivity contribution in [2.45, 2.75) is 4.90 Å². The maximum atomic E-state index is 13.2. The van der Waals surface area contributed by atoms with Gasteiger partial charge in [-0.3, -0.25) is 10.1 Å². The van der Waals surface area contributed by atoms with Crippen molar-refractivity contribution in [2.24, 2.45) is 0 Å². The summed E-state index contributed by atoms with van der Waals surface area (Å²) in [4.78, 5) is 10.1. The van der Waals surface area contributed by atoms with Gasteiger partial charge >= 0.3 is 5.69 Å². The molecule has 0 saturated heterocycles. The molecule has 0 saturated carbocycles. The minimum Gasteiger partial charge on any atom is -0.450 e. The van der Waals surface area contributed by atoms with Gasteiger partial charge in [0.05, 0.1) is 14.3 Å². The van der Waals surface area contributed by atoms with Crippen molar-refractivity contribution in [3.8, 4) is 11.5 Å². The highest BCUT2D eigenvalue weighted by Crippen LogP contribution is 2.34. The van der Waals surface area contributed by atoms with Gasteiger partial charge in [-0.15, -0.1) is 0 Å². The predicted octanol–water partition coefficient (Wildman–Crippen LogP) is 3.69. The molecule has 0 heterocycles. The van der Waals surface area contributed by atoms with E-state index in [1.807, 2.05) is 0 Å². The summed E-state index contributed by atoms with van der Waals surface area (Å²) >= 11 is 2.98. The molecule has 0 aliphatic carbocycles. The van der Waals surface area contributed by atoms with Crippen molar-refractivity contribution < 1.29 is 22.5 Å². The number of hydrogen-bond donors (Lipinski definition) is 0. The molecule has 0 unspecified atom stereocenters. The fourth-order valence-electron chi connectivity index (χ4n) is 1.62. The number of sulfone groups is 1. The van der Waals surface area contributed by atoms with Gasteiger partial charge in [-0.05, 0) is 46.3 Å². The van der Waals surface area contributed by atoms with Gasteiger partial charge in [0, 0.05) is 12.3 Å². The van der Waals surface area contributed by atoms with E-state index in [2.05, 4.69) is 15.9 Å². The molecule has 9 heteroatoms. The Hall–Kier alpha value is -2.00. The van der Waals surface area contributed by atoms with Crippen LogP contribution < -0.4 is 4.74 Å². The van der Waals surface area contributed by atoms with E-state index < -0.39 is 26.3 Å². The molecule has 0 spiro atoms. The van der Waals surface area contributed by atoms with Crippen molar-refractivity contribution in [1.29, 1.82) is 0 Å². The molecule has 116 valence electrons. The van der Waals surface area contributed by atoms with Crippen molar-refractivity contribution >= 4 is 31.5 Å². The quantitative estimate of drug-likeness (QED) is 0.587. The van der Waals surface area contributed by atoms with Crippen molar-refractivity contribution in [1.82, 2.24) is 0 Å². The monoisotopic (exact) mass is 389 g/mol. The molecule has 2 aromatic rings. The van der Waals surface area contributed by atoms with E-state index in [-0.39, 0.29) is 20.9 Å². The molecular weight excluding hydrogens is 381 g/mol. The molecule has 0 aliphatic heterocycles. The van der Waals surface area contributed by atoms with E-state index in [0.29, 0.717) is 0 Å². The third-order valence-corrected chi connectivity index (χ3v) is 4.39. The highest BCUT2D eigenvalue weighted by Gasteiger charge is 2.20. The summed E-state index contributed by atoms with van der Waals surface area (Å²) in [6.45, 7) is 0. The molecule has 0 radical (unpaired) electrons. The van der Waals surface area contributed by atoms with Crippen LogP contribution in [0, 0.1) is 15.9 Å². The smallest absolute Gasteiger partial charge is 0.312 e. The Labute approximate surface area is 133 Å². The van der Waals surface area contributed by atoms with Crippen LogP contribution in [0.1, 0.15) is 0 Å². The largest absolute Gasteiger partial charge is 0.450 e. The fourth-order valence-corrected chi connectivity index (χ4v) is 2.62. The van der Waals surface area contributed by atoms with E-state index >= 15 is 0 Å². The molecule has 0 aromatic heterocycles. The summed E-state index contributed by atoms with van der Waals surface area (Å²) in [6.07, 6.45) is 0.948. The van der Waals surface area contributed by atoms with Gasteiger partial charge in [0.1, 0.15) is 11.6 Å². The first-order valence-electron chi connectivity index (χ1n) is 5.80. The zero-order chi connectivity index (χ0) is 16.5. The van der Waals surface area contributed by atoms with E-state index in [4.69, 9.17) is 4.74 Å². The first-order valence-corrected chi connectivity index (χ1v) is 8.48. The Bertz CT molecular complexity index is 854. The Morgan fingerprint density at radius 3 is 2.45 bits per heavy atom. The Morgan fingerprint density at radius 1 is 1.23 bits per heavy atom. The lowest BCUT2D eigenvalue weighted by Gasteiger charge is -2.08. The van der Waals surface area contributed by atoms with Gasteiger partial charge in [0.2, 0.25) is 5.75 Å². The number of benzene rings is 2. The lowest BCUT2D eigenvalue weighted by molar-refractivity contribution is -0.385. The molecule has 0 atom stereocenters. The first-order chi connectivity index (χ1) is 10.2. The van der Waals surface area contributed by atoms with Crippen LogP contribution in [0.3, 0.4) is 0 Å². The summed E-state index contributed by atoms with van der Waals surface area (Å²) in [5, 5.41) is 11.1. The van der Waals surface area contributed by atoms with E-state index in [9.17, 15) is 22.9 Å². The van der Waals surface area contributed by atoms with Crippen LogP contribution in [0.15, 0.2) is 45.8 Å². The van der Waals surface area contributed by atoms with Crippen LogP contribution >= 0.6 is 15.9 Å². The average Bonchev–Trinajstić information content (AvgIpc) is 2.42. The molecule has 0 N–H and O–H groups in total. The summed E-state index contributed by atoms with van der Waals surface area (Å²) in [6, 6.07) is 7.05. The number of nitro groups is 1. The van der Waals surface area contributed by atoms with Crippen LogP contribution in [0.25, 0.3) is 0 Å². The lowest BCUT2D eigenvalue weighted by atomic mass is 10.3. The van der Waals surface area contributed by atoms with E-state index in [1.165, 1.54) is 24.3 Å². The number of halogens is 2. The minimum atomic E-state index is -3.58. The molecule has 22 heavy (non-hydrogen) atoms. The van der Waals surface area contributed by atoms with Crippen molar-refractivity contribution in [2.75, 3.05) is 6.26 Å². The Kier molecular flexibility index (Phi) is 4.47. The normalized spacial score (nSPS) is 11.2. The minimum absolute atomic E-state index is 0.139. The molecule has 2 rings (SSSR count). The second-order valence-corrected chi connectivity index (χ2v) is 7.21. The van der Waals surface area contributed by atoms with Crippen LogP contribution in [0.5, 0.6) is 11.5 Å². The van der Waals surface area contributed by atoms with Crippen LogP contribution in [-0.2, 0) is 9.84 Å². The highest BCUT2D eigenvalue weighted by molar-refractivity contribution is 9.10. The van der Waals surface area contributed by atoms with Gasteiger partial charge in [-0.2, -0.15) is 0 Å². The summed E-state index contributed by atoms with van der Waals surface area (Å²) in [5.74, 6) is -0.478. The van der Waals surface area contributed by atoms with Gasteiger partial charge in [-0.1, -0.05) is 0 Å². The number of ether oxygens (including phenoxy) is 1. The maximum absolute atomic E-state index is 13.2. The number of nitro benzene ring substituents is 1. The van der Waals surface area contributed by atoms with Gasteiger partial charge < -0.3 is 4.74 Å². The predicted molar refractivity (Wildman–Crippen MR) is 80.4 cm³/mol. The fraction of sp³-hybridized carbons (Fsp3) is 0.0769. The second-order valence-electron chi connectivity index (χ2n) is 4.34. The topological polar surface area (TPSA) is 86.5 Å². The molecule has 6 nitrogen and oxygen atoms in total. The lowest BCUT2D eigenvalue weighted by Crippen LogP contribution is -2.00. The molecular formula is C13H9BrFNO5S. The Balaban J connectivity index is 2.46. The molecule has 0 amide bonds. The van der Waals surface area contributed by atoms with Gasteiger partial charge in [0.15, 0.2) is 9.84 Å². The number of rotatable bonds is 4. The van der Waals surface area contributed by atoms with E-state index in [0.717, 1.165) is 18.4 Å². The van der Waals surface area contributed by atoms with Gasteiger partial charge in [-0.25, -0.2) is 12.8 Å².